The Kier molecular flexibility index (Phi) is 1.64. The number of benzene rings is 1. The van der Waals surface area contributed by atoms with Crippen LogP contribution in [0.2, 0.25) is 0 Å². The molecule has 2 nitrogen and oxygen atoms in total. The van der Waals surface area contributed by atoms with Gasteiger partial charge >= 0.3 is 0 Å². The number of hydrogen-bond acceptors (Lipinski definition) is 2. The molecule has 1 N–H and O–H groups in total. The van der Waals surface area contributed by atoms with E-state index in [0.29, 0.717) is 6.61 Å². The largest absolute Gasteiger partial charge is 0.393 e. The fourth-order valence-electron chi connectivity index (χ4n) is 1.41. The average Bonchev–Trinajstić information content (AvgIpc) is 2.47. The van der Waals surface area contributed by atoms with Crippen LogP contribution in [0, 0.1) is 0 Å². The number of aliphatic hydroxyl groups is 1. The summed E-state index contributed by atoms with van der Waals surface area (Å²) in [6.07, 6.45) is -0.0915. The van der Waals surface area contributed by atoms with Crippen molar-refractivity contribution in [3.8, 4) is 0 Å². The first-order valence-electron chi connectivity index (χ1n) is 3.72. The third-order valence-corrected chi connectivity index (χ3v) is 2.01. The summed E-state index contributed by atoms with van der Waals surface area (Å²) >= 11 is 0. The van der Waals surface area contributed by atoms with Gasteiger partial charge in [-0.3, -0.25) is 0 Å². The molecular formula is C9H10O2. The van der Waals surface area contributed by atoms with Crippen molar-refractivity contribution in [1.82, 2.24) is 0 Å². The van der Waals surface area contributed by atoms with E-state index < -0.39 is 0 Å². The maximum atomic E-state index is 8.89. The van der Waals surface area contributed by atoms with Crippen LogP contribution < -0.4 is 0 Å². The molecule has 1 atom stereocenters. The van der Waals surface area contributed by atoms with E-state index in [1.54, 1.807) is 0 Å². The van der Waals surface area contributed by atoms with Crippen molar-refractivity contribution in [3.63, 3.8) is 0 Å². The summed E-state index contributed by atoms with van der Waals surface area (Å²) in [4.78, 5) is 0. The Bertz CT molecular complexity index is 257. The second-order valence-corrected chi connectivity index (χ2v) is 2.68. The van der Waals surface area contributed by atoms with E-state index in [2.05, 4.69) is 0 Å². The van der Waals surface area contributed by atoms with Crippen molar-refractivity contribution in [1.29, 1.82) is 0 Å². The van der Waals surface area contributed by atoms with Gasteiger partial charge in [0.1, 0.15) is 6.10 Å². The molecule has 1 aromatic rings. The van der Waals surface area contributed by atoms with Gasteiger partial charge < -0.3 is 9.84 Å². The zero-order valence-corrected chi connectivity index (χ0v) is 6.16. The van der Waals surface area contributed by atoms with Gasteiger partial charge in [0, 0.05) is 0 Å². The predicted molar refractivity (Wildman–Crippen MR) is 41.1 cm³/mol. The number of rotatable bonds is 1. The lowest BCUT2D eigenvalue weighted by Crippen LogP contribution is -2.00. The van der Waals surface area contributed by atoms with Crippen molar-refractivity contribution in [2.24, 2.45) is 0 Å². The number of aliphatic hydroxyl groups excluding tert-OH is 1. The molecule has 2 heteroatoms. The van der Waals surface area contributed by atoms with Crippen LogP contribution in [0.15, 0.2) is 24.3 Å². The van der Waals surface area contributed by atoms with Crippen molar-refractivity contribution in [3.05, 3.63) is 35.4 Å². The quantitative estimate of drug-likeness (QED) is 0.652. The molecule has 0 aliphatic carbocycles. The Morgan fingerprint density at radius 2 is 2.27 bits per heavy atom. The van der Waals surface area contributed by atoms with Gasteiger partial charge in [-0.1, -0.05) is 24.3 Å². The van der Waals surface area contributed by atoms with E-state index in [1.807, 2.05) is 24.3 Å². The molecular weight excluding hydrogens is 140 g/mol. The third kappa shape index (κ3) is 1.04. The second-order valence-electron chi connectivity index (χ2n) is 2.68. The molecule has 1 aromatic carbocycles. The Morgan fingerprint density at radius 1 is 1.45 bits per heavy atom. The Labute approximate surface area is 65.4 Å². The van der Waals surface area contributed by atoms with Crippen LogP contribution in [0.25, 0.3) is 0 Å². The van der Waals surface area contributed by atoms with Crippen LogP contribution in [-0.4, -0.2) is 11.7 Å². The zero-order valence-electron chi connectivity index (χ0n) is 6.16. The molecule has 1 heterocycles. The van der Waals surface area contributed by atoms with E-state index >= 15 is 0 Å². The monoisotopic (exact) mass is 150 g/mol. The SMILES string of the molecule is OC[C@H]1OCc2ccccc21. The van der Waals surface area contributed by atoms with Gasteiger partial charge in [0.2, 0.25) is 0 Å². The maximum absolute atomic E-state index is 8.89. The van der Waals surface area contributed by atoms with Crippen molar-refractivity contribution < 1.29 is 9.84 Å². The highest BCUT2D eigenvalue weighted by atomic mass is 16.5. The molecule has 0 fully saturated rings. The predicted octanol–water partition coefficient (Wildman–Crippen LogP) is 1.25. The number of fused-ring (bicyclic) bond motifs is 1. The summed E-state index contributed by atoms with van der Waals surface area (Å²) in [5, 5.41) is 8.89. The zero-order chi connectivity index (χ0) is 7.68. The minimum atomic E-state index is -0.0915. The minimum absolute atomic E-state index is 0.0804. The lowest BCUT2D eigenvalue weighted by Gasteiger charge is -2.04. The molecule has 2 rings (SSSR count). The summed E-state index contributed by atoms with van der Waals surface area (Å²) < 4.78 is 5.32. The van der Waals surface area contributed by atoms with Gasteiger partial charge in [-0.25, -0.2) is 0 Å². The van der Waals surface area contributed by atoms with E-state index in [-0.39, 0.29) is 12.7 Å². The summed E-state index contributed by atoms with van der Waals surface area (Å²) in [6.45, 7) is 0.721. The molecule has 0 radical (unpaired) electrons. The van der Waals surface area contributed by atoms with Gasteiger partial charge in [-0.05, 0) is 11.1 Å². The molecule has 0 saturated carbocycles. The van der Waals surface area contributed by atoms with Crippen LogP contribution in [0.4, 0.5) is 0 Å². The Balaban J connectivity index is 2.39. The fourth-order valence-corrected chi connectivity index (χ4v) is 1.41. The van der Waals surface area contributed by atoms with E-state index in [0.717, 1.165) is 5.56 Å². The average molecular weight is 150 g/mol. The molecule has 0 bridgehead atoms. The van der Waals surface area contributed by atoms with E-state index in [1.165, 1.54) is 5.56 Å². The number of ether oxygens (including phenoxy) is 1. The molecule has 0 unspecified atom stereocenters. The van der Waals surface area contributed by atoms with Crippen LogP contribution in [0.3, 0.4) is 0 Å². The van der Waals surface area contributed by atoms with Gasteiger partial charge in [-0.15, -0.1) is 0 Å². The van der Waals surface area contributed by atoms with Crippen LogP contribution in [0.1, 0.15) is 17.2 Å². The smallest absolute Gasteiger partial charge is 0.106 e. The fraction of sp³-hybridized carbons (Fsp3) is 0.333. The topological polar surface area (TPSA) is 29.5 Å². The Morgan fingerprint density at radius 3 is 3.09 bits per heavy atom. The second kappa shape index (κ2) is 2.64. The van der Waals surface area contributed by atoms with Gasteiger partial charge in [0.15, 0.2) is 0 Å². The molecule has 1 aliphatic heterocycles. The molecule has 0 saturated heterocycles. The molecule has 58 valence electrons. The normalized spacial score (nSPS) is 21.7. The summed E-state index contributed by atoms with van der Waals surface area (Å²) in [7, 11) is 0. The third-order valence-electron chi connectivity index (χ3n) is 2.01. The van der Waals surface area contributed by atoms with Crippen LogP contribution in [0.5, 0.6) is 0 Å². The first-order chi connectivity index (χ1) is 5.42. The molecule has 0 amide bonds. The van der Waals surface area contributed by atoms with Crippen LogP contribution >= 0.6 is 0 Å². The minimum Gasteiger partial charge on any atom is -0.393 e. The highest BCUT2D eigenvalue weighted by Crippen LogP contribution is 2.29. The van der Waals surface area contributed by atoms with Gasteiger partial charge in [0.05, 0.1) is 13.2 Å². The first-order valence-corrected chi connectivity index (χ1v) is 3.72. The molecule has 0 spiro atoms. The molecule has 1 aliphatic rings. The summed E-state index contributed by atoms with van der Waals surface area (Å²) in [6, 6.07) is 7.99. The van der Waals surface area contributed by atoms with E-state index in [9.17, 15) is 0 Å². The Hall–Kier alpha value is -0.860. The highest BCUT2D eigenvalue weighted by molar-refractivity contribution is 5.31. The van der Waals surface area contributed by atoms with Gasteiger partial charge in [0.25, 0.3) is 0 Å². The van der Waals surface area contributed by atoms with Crippen molar-refractivity contribution in [2.75, 3.05) is 6.61 Å². The molecule has 11 heavy (non-hydrogen) atoms. The lowest BCUT2D eigenvalue weighted by molar-refractivity contribution is 0.0234. The number of hydrogen-bond donors (Lipinski definition) is 1. The van der Waals surface area contributed by atoms with Crippen molar-refractivity contribution >= 4 is 0 Å². The van der Waals surface area contributed by atoms with Crippen LogP contribution in [-0.2, 0) is 11.3 Å². The standard InChI is InChI=1S/C9H10O2/c10-5-9-8-4-2-1-3-7(8)6-11-9/h1-4,9-10H,5-6H2/t9-/m1/s1. The van der Waals surface area contributed by atoms with Gasteiger partial charge in [-0.2, -0.15) is 0 Å². The maximum Gasteiger partial charge on any atom is 0.106 e. The highest BCUT2D eigenvalue weighted by Gasteiger charge is 2.20. The van der Waals surface area contributed by atoms with Crippen molar-refractivity contribution in [2.45, 2.75) is 12.7 Å². The summed E-state index contributed by atoms with van der Waals surface area (Å²) in [5.74, 6) is 0. The lowest BCUT2D eigenvalue weighted by atomic mass is 10.1. The van der Waals surface area contributed by atoms with E-state index in [4.69, 9.17) is 9.84 Å². The summed E-state index contributed by atoms with van der Waals surface area (Å²) in [5.41, 5.74) is 2.33. The first kappa shape index (κ1) is 6.83. The molecule has 0 aromatic heterocycles.